The molecule has 1 saturated heterocycles. The second-order valence-corrected chi connectivity index (χ2v) is 5.06. The van der Waals surface area contributed by atoms with E-state index in [4.69, 9.17) is 4.74 Å². The van der Waals surface area contributed by atoms with Gasteiger partial charge in [0.05, 0.1) is 17.6 Å². The lowest BCUT2D eigenvalue weighted by Crippen LogP contribution is -2.35. The van der Waals surface area contributed by atoms with E-state index in [0.29, 0.717) is 22.2 Å². The molecule has 2 aromatic rings. The van der Waals surface area contributed by atoms with Crippen molar-refractivity contribution < 1.29 is 23.9 Å². The van der Waals surface area contributed by atoms with Gasteiger partial charge in [-0.1, -0.05) is 18.2 Å². The van der Waals surface area contributed by atoms with E-state index >= 15 is 0 Å². The number of esters is 1. The average molecular weight is 314 g/mol. The largest absolute Gasteiger partial charge is 0.452 e. The van der Waals surface area contributed by atoms with Crippen LogP contribution in [0.25, 0.3) is 10.9 Å². The van der Waals surface area contributed by atoms with E-state index in [2.05, 4.69) is 9.72 Å². The number of nitrogens with zero attached hydrogens (tertiary/aromatic N) is 2. The second-order valence-electron chi connectivity index (χ2n) is 5.06. The number of carbonyl (C=O) groups is 3. The summed E-state index contributed by atoms with van der Waals surface area (Å²) in [5, 5.41) is 0.649. The lowest BCUT2D eigenvalue weighted by Gasteiger charge is -2.12. The summed E-state index contributed by atoms with van der Waals surface area (Å²) in [6.45, 7) is 1.59. The first-order valence-corrected chi connectivity index (χ1v) is 7.07. The Labute approximate surface area is 131 Å². The van der Waals surface area contributed by atoms with Gasteiger partial charge in [-0.3, -0.25) is 9.78 Å². The molecule has 7 heteroatoms. The van der Waals surface area contributed by atoms with E-state index in [-0.39, 0.29) is 13.2 Å². The van der Waals surface area contributed by atoms with Crippen molar-refractivity contribution in [2.75, 3.05) is 19.8 Å². The van der Waals surface area contributed by atoms with Crippen LogP contribution in [0.5, 0.6) is 0 Å². The fourth-order valence-electron chi connectivity index (χ4n) is 2.38. The molecule has 7 nitrogen and oxygen atoms in total. The Bertz CT molecular complexity index is 802. The van der Waals surface area contributed by atoms with Gasteiger partial charge in [-0.05, 0) is 19.1 Å². The summed E-state index contributed by atoms with van der Waals surface area (Å²) in [5.74, 6) is -1.23. The summed E-state index contributed by atoms with van der Waals surface area (Å²) < 4.78 is 9.72. The molecule has 118 valence electrons. The molecule has 1 aromatic heterocycles. The number of hydrogen-bond donors (Lipinski definition) is 0. The fraction of sp³-hybridized carbons (Fsp3) is 0.250. The minimum absolute atomic E-state index is 0.159. The van der Waals surface area contributed by atoms with Crippen LogP contribution in [-0.4, -0.2) is 47.6 Å². The molecule has 2 heterocycles. The third-order valence-electron chi connectivity index (χ3n) is 3.45. The van der Waals surface area contributed by atoms with E-state index in [9.17, 15) is 14.4 Å². The topological polar surface area (TPSA) is 85.8 Å². The van der Waals surface area contributed by atoms with Gasteiger partial charge in [0.15, 0.2) is 6.61 Å². The predicted molar refractivity (Wildman–Crippen MR) is 79.8 cm³/mol. The van der Waals surface area contributed by atoms with E-state index < -0.39 is 24.6 Å². The zero-order chi connectivity index (χ0) is 16.4. The third-order valence-corrected chi connectivity index (χ3v) is 3.45. The number of pyridine rings is 1. The minimum Gasteiger partial charge on any atom is -0.452 e. The molecule has 2 amide bonds. The molecular formula is C16H14N2O5. The highest BCUT2D eigenvalue weighted by Crippen LogP contribution is 2.19. The van der Waals surface area contributed by atoms with Gasteiger partial charge in [-0.2, -0.15) is 0 Å². The van der Waals surface area contributed by atoms with Gasteiger partial charge in [0.1, 0.15) is 6.61 Å². The average Bonchev–Trinajstić information content (AvgIpc) is 2.97. The number of ether oxygens (including phenoxy) is 2. The molecule has 1 aliphatic rings. The molecule has 0 N–H and O–H groups in total. The molecule has 1 aromatic carbocycles. The van der Waals surface area contributed by atoms with Gasteiger partial charge in [0.25, 0.3) is 5.91 Å². The Morgan fingerprint density at radius 2 is 2.13 bits per heavy atom. The van der Waals surface area contributed by atoms with E-state index in [1.807, 2.05) is 6.07 Å². The van der Waals surface area contributed by atoms with Crippen LogP contribution in [0, 0.1) is 6.92 Å². The Hall–Kier alpha value is -2.96. The maximum atomic E-state index is 12.3. The van der Waals surface area contributed by atoms with Crippen LogP contribution in [0.15, 0.2) is 30.3 Å². The number of imide groups is 1. The quantitative estimate of drug-likeness (QED) is 0.801. The highest BCUT2D eigenvalue weighted by Gasteiger charge is 2.29. The standard InChI is InChI=1S/C16H14N2O5/c1-10-8-12(11-4-2-3-5-13(11)17-10)15(20)23-9-14(19)18-6-7-22-16(18)21/h2-5,8H,6-7,9H2,1H3. The summed E-state index contributed by atoms with van der Waals surface area (Å²) in [7, 11) is 0. The Morgan fingerprint density at radius 1 is 1.35 bits per heavy atom. The van der Waals surface area contributed by atoms with E-state index in [0.717, 1.165) is 4.90 Å². The van der Waals surface area contributed by atoms with Crippen molar-refractivity contribution >= 4 is 28.9 Å². The van der Waals surface area contributed by atoms with Crippen molar-refractivity contribution in [3.05, 3.63) is 41.6 Å². The maximum Gasteiger partial charge on any atom is 0.416 e. The molecule has 0 radical (unpaired) electrons. The van der Waals surface area contributed by atoms with Crippen LogP contribution in [0.4, 0.5) is 4.79 Å². The number of para-hydroxylation sites is 1. The molecule has 3 rings (SSSR count). The minimum atomic E-state index is -0.712. The number of aryl methyl sites for hydroxylation is 1. The highest BCUT2D eigenvalue weighted by atomic mass is 16.6. The van der Waals surface area contributed by atoms with Gasteiger partial charge in [-0.25, -0.2) is 14.5 Å². The number of rotatable bonds is 3. The number of cyclic esters (lactones) is 1. The first-order chi connectivity index (χ1) is 11.1. The van der Waals surface area contributed by atoms with Crippen molar-refractivity contribution in [3.8, 4) is 0 Å². The Kier molecular flexibility index (Phi) is 3.92. The van der Waals surface area contributed by atoms with E-state index in [1.165, 1.54) is 0 Å². The third kappa shape index (κ3) is 2.98. The van der Waals surface area contributed by atoms with E-state index in [1.54, 1.807) is 31.2 Å². The first-order valence-electron chi connectivity index (χ1n) is 7.07. The number of benzene rings is 1. The van der Waals surface area contributed by atoms with Crippen LogP contribution in [0.1, 0.15) is 16.1 Å². The fourth-order valence-corrected chi connectivity index (χ4v) is 2.38. The molecule has 0 bridgehead atoms. The number of hydrogen-bond acceptors (Lipinski definition) is 6. The second kappa shape index (κ2) is 6.04. The monoisotopic (exact) mass is 314 g/mol. The molecular weight excluding hydrogens is 300 g/mol. The normalized spacial score (nSPS) is 14.0. The summed E-state index contributed by atoms with van der Waals surface area (Å²) in [6, 6.07) is 8.79. The molecule has 23 heavy (non-hydrogen) atoms. The lowest BCUT2D eigenvalue weighted by molar-refractivity contribution is -0.131. The predicted octanol–water partition coefficient (Wildman–Crippen LogP) is 1.68. The van der Waals surface area contributed by atoms with Crippen LogP contribution < -0.4 is 0 Å². The summed E-state index contributed by atoms with van der Waals surface area (Å²) in [4.78, 5) is 40.7. The molecule has 0 saturated carbocycles. The van der Waals surface area contributed by atoms with Gasteiger partial charge < -0.3 is 9.47 Å². The van der Waals surface area contributed by atoms with Crippen LogP contribution in [0.3, 0.4) is 0 Å². The van der Waals surface area contributed by atoms with Crippen LogP contribution in [-0.2, 0) is 14.3 Å². The number of carbonyl (C=O) groups excluding carboxylic acids is 3. The zero-order valence-corrected chi connectivity index (χ0v) is 12.4. The lowest BCUT2D eigenvalue weighted by atomic mass is 10.1. The first kappa shape index (κ1) is 15.0. The summed E-state index contributed by atoms with van der Waals surface area (Å²) in [6.07, 6.45) is -0.712. The van der Waals surface area contributed by atoms with Crippen LogP contribution >= 0.6 is 0 Å². The molecule has 0 atom stereocenters. The Morgan fingerprint density at radius 3 is 2.87 bits per heavy atom. The van der Waals surface area contributed by atoms with Crippen LogP contribution in [0.2, 0.25) is 0 Å². The zero-order valence-electron chi connectivity index (χ0n) is 12.4. The summed E-state index contributed by atoms with van der Waals surface area (Å²) >= 11 is 0. The highest BCUT2D eigenvalue weighted by molar-refractivity contribution is 6.04. The van der Waals surface area contributed by atoms with Gasteiger partial charge in [-0.15, -0.1) is 0 Å². The smallest absolute Gasteiger partial charge is 0.416 e. The molecule has 0 aliphatic carbocycles. The number of fused-ring (bicyclic) bond motifs is 1. The van der Waals surface area contributed by atoms with Crippen molar-refractivity contribution in [3.63, 3.8) is 0 Å². The molecule has 0 unspecified atom stereocenters. The molecule has 0 spiro atoms. The van der Waals surface area contributed by atoms with Crippen molar-refractivity contribution in [2.24, 2.45) is 0 Å². The van der Waals surface area contributed by atoms with Crippen molar-refractivity contribution in [2.45, 2.75) is 6.92 Å². The molecule has 1 fully saturated rings. The SMILES string of the molecule is Cc1cc(C(=O)OCC(=O)N2CCOC2=O)c2ccccc2n1. The van der Waals surface area contributed by atoms with Gasteiger partial charge in [0.2, 0.25) is 0 Å². The number of amides is 2. The van der Waals surface area contributed by atoms with Gasteiger partial charge in [0, 0.05) is 11.1 Å². The maximum absolute atomic E-state index is 12.3. The number of aromatic nitrogens is 1. The Balaban J connectivity index is 1.76. The summed E-state index contributed by atoms with van der Waals surface area (Å²) in [5.41, 5.74) is 1.68. The molecule has 1 aliphatic heterocycles. The van der Waals surface area contributed by atoms with Crippen molar-refractivity contribution in [1.29, 1.82) is 0 Å². The van der Waals surface area contributed by atoms with Gasteiger partial charge >= 0.3 is 12.1 Å². The van der Waals surface area contributed by atoms with Crippen molar-refractivity contribution in [1.82, 2.24) is 9.88 Å².